The monoisotopic (exact) mass is 457 g/mol. The first-order chi connectivity index (χ1) is 16.3. The molecule has 0 fully saturated rings. The number of aromatic nitrogens is 1. The first kappa shape index (κ1) is 23.2. The predicted molar refractivity (Wildman–Crippen MR) is 132 cm³/mol. The van der Waals surface area contributed by atoms with Crippen LogP contribution in [0, 0.1) is 6.92 Å². The van der Waals surface area contributed by atoms with E-state index in [-0.39, 0.29) is 17.8 Å². The van der Waals surface area contributed by atoms with Gasteiger partial charge in [-0.05, 0) is 54.8 Å². The van der Waals surface area contributed by atoms with Crippen LogP contribution in [0.5, 0.6) is 5.75 Å². The highest BCUT2D eigenvalue weighted by atomic mass is 16.5. The standard InChI is InChI=1S/C28H27NO5/c1-18-16-25(30)29(3)24-14-12-20-11-13-22(17-23(20)27(18)24)33-15-7-10-26(31)34-19(2)28(32)21-8-5-4-6-9-21/h4-6,8-9,11-14,16-17,19H,7,10,15H2,1-3H3. The number of ether oxygens (including phenoxy) is 2. The summed E-state index contributed by atoms with van der Waals surface area (Å²) < 4.78 is 12.8. The van der Waals surface area contributed by atoms with Crippen LogP contribution in [0.15, 0.2) is 71.5 Å². The molecular formula is C28H27NO5. The molecule has 0 amide bonds. The fourth-order valence-corrected chi connectivity index (χ4v) is 4.10. The molecule has 174 valence electrons. The molecule has 0 bridgehead atoms. The van der Waals surface area contributed by atoms with Gasteiger partial charge in [0.15, 0.2) is 6.10 Å². The molecule has 3 aromatic carbocycles. The summed E-state index contributed by atoms with van der Waals surface area (Å²) in [4.78, 5) is 36.6. The van der Waals surface area contributed by atoms with Crippen molar-refractivity contribution in [3.63, 3.8) is 0 Å². The molecule has 34 heavy (non-hydrogen) atoms. The Kier molecular flexibility index (Phi) is 6.77. The van der Waals surface area contributed by atoms with E-state index in [0.29, 0.717) is 24.3 Å². The number of carbonyl (C=O) groups is 2. The van der Waals surface area contributed by atoms with Gasteiger partial charge >= 0.3 is 5.97 Å². The summed E-state index contributed by atoms with van der Waals surface area (Å²) in [6.07, 6.45) is -0.208. The van der Waals surface area contributed by atoms with Gasteiger partial charge in [-0.2, -0.15) is 0 Å². The SMILES string of the molecule is Cc1cc(=O)n(C)c2ccc3ccc(OCCCC(=O)OC(C)C(=O)c4ccccc4)cc3c12. The molecule has 0 aliphatic carbocycles. The van der Waals surface area contributed by atoms with Crippen molar-refractivity contribution in [2.24, 2.45) is 7.05 Å². The number of nitrogens with zero attached hydrogens (tertiary/aromatic N) is 1. The molecule has 6 heteroatoms. The summed E-state index contributed by atoms with van der Waals surface area (Å²) in [7, 11) is 1.77. The maximum atomic E-state index is 12.3. The topological polar surface area (TPSA) is 74.6 Å². The highest BCUT2D eigenvalue weighted by molar-refractivity contribution is 6.08. The van der Waals surface area contributed by atoms with Crippen molar-refractivity contribution in [1.82, 2.24) is 4.57 Å². The Morgan fingerprint density at radius 2 is 1.74 bits per heavy atom. The second kappa shape index (κ2) is 9.91. The van der Waals surface area contributed by atoms with Gasteiger partial charge in [0.1, 0.15) is 5.75 Å². The lowest BCUT2D eigenvalue weighted by molar-refractivity contribution is -0.146. The Labute approximate surface area is 197 Å². The van der Waals surface area contributed by atoms with E-state index >= 15 is 0 Å². The number of benzene rings is 3. The van der Waals surface area contributed by atoms with Crippen molar-refractivity contribution in [1.29, 1.82) is 0 Å². The number of pyridine rings is 1. The zero-order valence-electron chi connectivity index (χ0n) is 19.5. The van der Waals surface area contributed by atoms with Crippen molar-refractivity contribution in [2.45, 2.75) is 32.8 Å². The van der Waals surface area contributed by atoms with Crippen molar-refractivity contribution < 1.29 is 19.1 Å². The van der Waals surface area contributed by atoms with Gasteiger partial charge in [-0.1, -0.05) is 42.5 Å². The van der Waals surface area contributed by atoms with Crippen LogP contribution in [-0.2, 0) is 16.6 Å². The van der Waals surface area contributed by atoms with Crippen LogP contribution in [0.4, 0.5) is 0 Å². The third-order valence-electron chi connectivity index (χ3n) is 5.93. The largest absolute Gasteiger partial charge is 0.494 e. The van der Waals surface area contributed by atoms with Crippen LogP contribution >= 0.6 is 0 Å². The van der Waals surface area contributed by atoms with E-state index in [1.54, 1.807) is 48.9 Å². The minimum atomic E-state index is -0.830. The highest BCUT2D eigenvalue weighted by Gasteiger charge is 2.19. The number of aryl methyl sites for hydroxylation is 2. The Bertz CT molecular complexity index is 1420. The Morgan fingerprint density at radius 3 is 2.50 bits per heavy atom. The van der Waals surface area contributed by atoms with Crippen LogP contribution in [0.1, 0.15) is 35.7 Å². The zero-order valence-corrected chi connectivity index (χ0v) is 19.5. The van der Waals surface area contributed by atoms with Crippen molar-refractivity contribution in [3.8, 4) is 5.75 Å². The summed E-state index contributed by atoms with van der Waals surface area (Å²) in [5.41, 5.74) is 2.27. The lowest BCUT2D eigenvalue weighted by Crippen LogP contribution is -2.24. The number of esters is 1. The fourth-order valence-electron chi connectivity index (χ4n) is 4.10. The van der Waals surface area contributed by atoms with Crippen molar-refractivity contribution >= 4 is 33.4 Å². The van der Waals surface area contributed by atoms with Gasteiger partial charge < -0.3 is 14.0 Å². The summed E-state index contributed by atoms with van der Waals surface area (Å²) in [5.74, 6) is 0.0389. The maximum absolute atomic E-state index is 12.3. The summed E-state index contributed by atoms with van der Waals surface area (Å²) in [5, 5.41) is 3.09. The van der Waals surface area contributed by atoms with E-state index in [4.69, 9.17) is 9.47 Å². The van der Waals surface area contributed by atoms with Crippen molar-refractivity contribution in [2.75, 3.05) is 6.61 Å². The van der Waals surface area contributed by atoms with Gasteiger partial charge in [0.05, 0.1) is 12.1 Å². The average molecular weight is 458 g/mol. The maximum Gasteiger partial charge on any atom is 0.306 e. The minimum absolute atomic E-state index is 0.0385. The first-order valence-corrected chi connectivity index (χ1v) is 11.3. The number of carbonyl (C=O) groups excluding carboxylic acids is 2. The second-order valence-corrected chi connectivity index (χ2v) is 8.38. The van der Waals surface area contributed by atoms with Gasteiger partial charge in [0.25, 0.3) is 5.56 Å². The molecular weight excluding hydrogens is 430 g/mol. The third-order valence-corrected chi connectivity index (χ3v) is 5.93. The zero-order chi connectivity index (χ0) is 24.2. The molecule has 1 aromatic heterocycles. The van der Waals surface area contributed by atoms with Crippen LogP contribution in [-0.4, -0.2) is 29.0 Å². The molecule has 1 atom stereocenters. The van der Waals surface area contributed by atoms with E-state index in [1.807, 2.05) is 43.3 Å². The molecule has 1 heterocycles. The van der Waals surface area contributed by atoms with Crippen LogP contribution < -0.4 is 10.3 Å². The van der Waals surface area contributed by atoms with Crippen molar-refractivity contribution in [3.05, 3.63) is 88.2 Å². The van der Waals surface area contributed by atoms with Gasteiger partial charge in [-0.15, -0.1) is 0 Å². The number of rotatable bonds is 8. The van der Waals surface area contributed by atoms with E-state index in [0.717, 1.165) is 27.2 Å². The quantitative estimate of drug-likeness (QED) is 0.162. The van der Waals surface area contributed by atoms with E-state index in [9.17, 15) is 14.4 Å². The molecule has 1 unspecified atom stereocenters. The summed E-state index contributed by atoms with van der Waals surface area (Å²) in [6.45, 7) is 3.86. The molecule has 0 aliphatic rings. The molecule has 4 rings (SSSR count). The highest BCUT2D eigenvalue weighted by Crippen LogP contribution is 2.30. The second-order valence-electron chi connectivity index (χ2n) is 8.38. The Balaban J connectivity index is 1.37. The molecule has 0 saturated heterocycles. The number of ketones is 1. The van der Waals surface area contributed by atoms with Gasteiger partial charge in [0.2, 0.25) is 5.78 Å². The van der Waals surface area contributed by atoms with E-state index in [1.165, 1.54) is 0 Å². The summed E-state index contributed by atoms with van der Waals surface area (Å²) >= 11 is 0. The molecule has 0 saturated carbocycles. The smallest absolute Gasteiger partial charge is 0.306 e. The van der Waals surface area contributed by atoms with E-state index in [2.05, 4.69) is 0 Å². The Hall–Kier alpha value is -3.93. The van der Waals surface area contributed by atoms with Gasteiger partial charge in [-0.3, -0.25) is 14.4 Å². The van der Waals surface area contributed by atoms with E-state index < -0.39 is 12.1 Å². The molecule has 0 radical (unpaired) electrons. The first-order valence-electron chi connectivity index (χ1n) is 11.3. The van der Waals surface area contributed by atoms with Crippen LogP contribution in [0.3, 0.4) is 0 Å². The number of hydrogen-bond acceptors (Lipinski definition) is 5. The van der Waals surface area contributed by atoms with Gasteiger partial charge in [0, 0.05) is 30.5 Å². The number of fused-ring (bicyclic) bond motifs is 3. The lowest BCUT2D eigenvalue weighted by atomic mass is 10.0. The normalized spacial score (nSPS) is 12.0. The molecule has 0 N–H and O–H groups in total. The molecule has 0 aliphatic heterocycles. The Morgan fingerprint density at radius 1 is 1.00 bits per heavy atom. The lowest BCUT2D eigenvalue weighted by Gasteiger charge is -2.13. The number of Topliss-reactive ketones (excluding diaryl/α,β-unsaturated/α-hetero) is 1. The van der Waals surface area contributed by atoms with Gasteiger partial charge in [-0.25, -0.2) is 0 Å². The minimum Gasteiger partial charge on any atom is -0.494 e. The molecule has 6 nitrogen and oxygen atoms in total. The third kappa shape index (κ3) is 4.86. The van der Waals surface area contributed by atoms with Crippen LogP contribution in [0.2, 0.25) is 0 Å². The number of hydrogen-bond donors (Lipinski definition) is 0. The molecule has 4 aromatic rings. The van der Waals surface area contributed by atoms with Crippen LogP contribution in [0.25, 0.3) is 21.7 Å². The summed E-state index contributed by atoms with van der Waals surface area (Å²) in [6, 6.07) is 20.2. The molecule has 0 spiro atoms. The average Bonchev–Trinajstić information content (AvgIpc) is 2.84. The predicted octanol–water partition coefficient (Wildman–Crippen LogP) is 4.97. The fraction of sp³-hybridized carbons (Fsp3) is 0.250.